The van der Waals surface area contributed by atoms with E-state index in [9.17, 15) is 9.59 Å². The summed E-state index contributed by atoms with van der Waals surface area (Å²) < 4.78 is 0. The summed E-state index contributed by atoms with van der Waals surface area (Å²) in [6.45, 7) is 3.73. The lowest BCUT2D eigenvalue weighted by Gasteiger charge is -2.32. The van der Waals surface area contributed by atoms with E-state index in [4.69, 9.17) is 11.6 Å². The number of nitrogens with one attached hydrogen (secondary N) is 1. The van der Waals surface area contributed by atoms with Crippen LogP contribution in [-0.2, 0) is 10.7 Å². The van der Waals surface area contributed by atoms with Crippen LogP contribution in [-0.4, -0.2) is 36.3 Å². The van der Waals surface area contributed by atoms with Crippen molar-refractivity contribution in [3.63, 3.8) is 0 Å². The Bertz CT molecular complexity index is 511. The number of hydrogen-bond acceptors (Lipinski definition) is 2. The summed E-state index contributed by atoms with van der Waals surface area (Å²) in [5, 5.41) is 2.85. The quantitative estimate of drug-likeness (QED) is 0.868. The summed E-state index contributed by atoms with van der Waals surface area (Å²) in [4.78, 5) is 25.3. The van der Waals surface area contributed by atoms with Crippen LogP contribution in [0, 0.1) is 5.92 Å². The van der Waals surface area contributed by atoms with Crippen LogP contribution < -0.4 is 5.32 Å². The molecular weight excluding hydrogens is 288 g/mol. The number of halogens is 1. The Morgan fingerprint density at radius 2 is 2.05 bits per heavy atom. The lowest BCUT2D eigenvalue weighted by molar-refractivity contribution is -0.119. The van der Waals surface area contributed by atoms with E-state index in [1.807, 2.05) is 29.2 Å². The number of amides is 2. The summed E-state index contributed by atoms with van der Waals surface area (Å²) in [7, 11) is 0. The minimum Gasteiger partial charge on any atom is -0.356 e. The zero-order valence-electron chi connectivity index (χ0n) is 12.3. The first-order valence-corrected chi connectivity index (χ1v) is 7.82. The lowest BCUT2D eigenvalue weighted by Crippen LogP contribution is -2.41. The number of alkyl halides is 1. The summed E-state index contributed by atoms with van der Waals surface area (Å²) in [5.41, 5.74) is 1.66. The lowest BCUT2D eigenvalue weighted by atomic mass is 9.96. The third-order valence-corrected chi connectivity index (χ3v) is 4.18. The topological polar surface area (TPSA) is 49.4 Å². The van der Waals surface area contributed by atoms with E-state index in [0.717, 1.165) is 31.5 Å². The van der Waals surface area contributed by atoms with Gasteiger partial charge in [-0.2, -0.15) is 0 Å². The molecule has 1 aromatic carbocycles. The monoisotopic (exact) mass is 308 g/mol. The Morgan fingerprint density at radius 1 is 1.33 bits per heavy atom. The van der Waals surface area contributed by atoms with Gasteiger partial charge in [-0.15, -0.1) is 11.6 Å². The van der Waals surface area contributed by atoms with Crippen molar-refractivity contribution in [2.24, 2.45) is 5.92 Å². The molecule has 4 nitrogen and oxygen atoms in total. The molecule has 2 rings (SSSR count). The molecule has 0 aromatic heterocycles. The van der Waals surface area contributed by atoms with Crippen LogP contribution in [0.2, 0.25) is 0 Å². The number of benzene rings is 1. The second-order valence-electron chi connectivity index (χ2n) is 5.51. The molecule has 1 heterocycles. The van der Waals surface area contributed by atoms with E-state index >= 15 is 0 Å². The summed E-state index contributed by atoms with van der Waals surface area (Å²) >= 11 is 5.81. The maximum atomic E-state index is 12.5. The molecule has 1 aromatic rings. The van der Waals surface area contributed by atoms with Crippen molar-refractivity contribution in [2.45, 2.75) is 25.6 Å². The second kappa shape index (κ2) is 7.46. The average Bonchev–Trinajstić information content (AvgIpc) is 2.52. The van der Waals surface area contributed by atoms with Gasteiger partial charge in [0, 0.05) is 38.0 Å². The molecule has 0 saturated carbocycles. The van der Waals surface area contributed by atoms with Gasteiger partial charge in [-0.1, -0.05) is 12.1 Å². The molecule has 0 bridgehead atoms. The molecule has 1 aliphatic heterocycles. The zero-order valence-corrected chi connectivity index (χ0v) is 13.0. The van der Waals surface area contributed by atoms with Gasteiger partial charge in [-0.25, -0.2) is 0 Å². The highest BCUT2D eigenvalue weighted by atomic mass is 35.5. The number of carbonyl (C=O) groups excluding carboxylic acids is 2. The van der Waals surface area contributed by atoms with E-state index in [1.54, 1.807) is 0 Å². The Labute approximate surface area is 130 Å². The van der Waals surface area contributed by atoms with E-state index in [1.165, 1.54) is 6.92 Å². The fraction of sp³-hybridized carbons (Fsp3) is 0.500. The van der Waals surface area contributed by atoms with Gasteiger partial charge in [0.1, 0.15) is 0 Å². The van der Waals surface area contributed by atoms with Crippen molar-refractivity contribution < 1.29 is 9.59 Å². The van der Waals surface area contributed by atoms with Gasteiger partial charge in [-0.05, 0) is 36.5 Å². The molecule has 0 spiro atoms. The van der Waals surface area contributed by atoms with Crippen molar-refractivity contribution in [3.8, 4) is 0 Å². The molecule has 1 N–H and O–H groups in total. The van der Waals surface area contributed by atoms with Gasteiger partial charge in [0.05, 0.1) is 0 Å². The molecule has 1 saturated heterocycles. The molecule has 0 aliphatic carbocycles. The normalized spacial score (nSPS) is 15.8. The maximum absolute atomic E-state index is 12.5. The number of carbonyl (C=O) groups is 2. The molecule has 1 fully saturated rings. The van der Waals surface area contributed by atoms with E-state index in [2.05, 4.69) is 5.32 Å². The van der Waals surface area contributed by atoms with Crippen LogP contribution in [0.15, 0.2) is 24.3 Å². The largest absolute Gasteiger partial charge is 0.356 e. The number of nitrogens with zero attached hydrogens (tertiary/aromatic N) is 1. The van der Waals surface area contributed by atoms with Crippen molar-refractivity contribution in [1.82, 2.24) is 10.2 Å². The van der Waals surface area contributed by atoms with E-state index < -0.39 is 0 Å². The Kier molecular flexibility index (Phi) is 5.62. The average molecular weight is 309 g/mol. The fourth-order valence-corrected chi connectivity index (χ4v) is 2.76. The number of rotatable bonds is 4. The van der Waals surface area contributed by atoms with E-state index in [-0.39, 0.29) is 11.8 Å². The minimum atomic E-state index is 0.00592. The highest BCUT2D eigenvalue weighted by Crippen LogP contribution is 2.19. The SMILES string of the molecule is CC(=O)NCC1CCN(C(=O)c2cccc(CCl)c2)CC1. The maximum Gasteiger partial charge on any atom is 0.253 e. The first-order chi connectivity index (χ1) is 10.1. The first-order valence-electron chi connectivity index (χ1n) is 7.28. The highest BCUT2D eigenvalue weighted by Gasteiger charge is 2.23. The third kappa shape index (κ3) is 4.46. The van der Waals surface area contributed by atoms with Crippen molar-refractivity contribution in [2.75, 3.05) is 19.6 Å². The van der Waals surface area contributed by atoms with Gasteiger partial charge >= 0.3 is 0 Å². The highest BCUT2D eigenvalue weighted by molar-refractivity contribution is 6.17. The second-order valence-corrected chi connectivity index (χ2v) is 5.77. The molecule has 114 valence electrons. The van der Waals surface area contributed by atoms with Gasteiger partial charge in [0.15, 0.2) is 0 Å². The Morgan fingerprint density at radius 3 is 2.67 bits per heavy atom. The van der Waals surface area contributed by atoms with Crippen molar-refractivity contribution in [3.05, 3.63) is 35.4 Å². The van der Waals surface area contributed by atoms with Gasteiger partial charge < -0.3 is 10.2 Å². The number of likely N-dealkylation sites (tertiary alicyclic amines) is 1. The van der Waals surface area contributed by atoms with Crippen molar-refractivity contribution >= 4 is 23.4 Å². The molecule has 0 unspecified atom stereocenters. The van der Waals surface area contributed by atoms with Gasteiger partial charge in [-0.3, -0.25) is 9.59 Å². The van der Waals surface area contributed by atoms with Crippen molar-refractivity contribution in [1.29, 1.82) is 0 Å². The molecular formula is C16H21ClN2O2. The van der Waals surface area contributed by atoms with E-state index in [0.29, 0.717) is 23.9 Å². The van der Waals surface area contributed by atoms with Crippen LogP contribution in [0.5, 0.6) is 0 Å². The molecule has 0 atom stereocenters. The minimum absolute atomic E-state index is 0.00592. The zero-order chi connectivity index (χ0) is 15.2. The molecule has 0 radical (unpaired) electrons. The molecule has 2 amide bonds. The summed E-state index contributed by atoms with van der Waals surface area (Å²) in [6.07, 6.45) is 1.86. The fourth-order valence-electron chi connectivity index (χ4n) is 2.60. The predicted octanol–water partition coefficient (Wildman–Crippen LogP) is 2.41. The predicted molar refractivity (Wildman–Crippen MR) is 83.3 cm³/mol. The number of hydrogen-bond donors (Lipinski definition) is 1. The van der Waals surface area contributed by atoms with Crippen LogP contribution in [0.3, 0.4) is 0 Å². The summed E-state index contributed by atoms with van der Waals surface area (Å²) in [6, 6.07) is 7.48. The van der Waals surface area contributed by atoms with Crippen LogP contribution in [0.4, 0.5) is 0 Å². The summed E-state index contributed by atoms with van der Waals surface area (Å²) in [5.74, 6) is 0.957. The van der Waals surface area contributed by atoms with Crippen LogP contribution >= 0.6 is 11.6 Å². The molecule has 21 heavy (non-hydrogen) atoms. The van der Waals surface area contributed by atoms with Crippen LogP contribution in [0.25, 0.3) is 0 Å². The smallest absolute Gasteiger partial charge is 0.253 e. The van der Waals surface area contributed by atoms with Crippen LogP contribution in [0.1, 0.15) is 35.7 Å². The number of piperidine rings is 1. The van der Waals surface area contributed by atoms with Gasteiger partial charge in [0.2, 0.25) is 5.91 Å². The Balaban J connectivity index is 1.89. The third-order valence-electron chi connectivity index (χ3n) is 3.87. The standard InChI is InChI=1S/C16H21ClN2O2/c1-12(20)18-11-13-5-7-19(8-6-13)16(21)15-4-2-3-14(9-15)10-17/h2-4,9,13H,5-8,10-11H2,1H3,(H,18,20). The Hall–Kier alpha value is -1.55. The van der Waals surface area contributed by atoms with Gasteiger partial charge in [0.25, 0.3) is 5.91 Å². The molecule has 5 heteroatoms. The first kappa shape index (κ1) is 15.8. The molecule has 1 aliphatic rings.